The molecule has 1 aliphatic rings. The van der Waals surface area contributed by atoms with Gasteiger partial charge in [0.15, 0.2) is 0 Å². The molecule has 6 nitrogen and oxygen atoms in total. The molecular weight excluding hydrogens is 411 g/mol. The van der Waals surface area contributed by atoms with E-state index in [0.717, 1.165) is 11.1 Å². The van der Waals surface area contributed by atoms with Crippen molar-refractivity contribution in [2.24, 2.45) is 0 Å². The lowest BCUT2D eigenvalue weighted by Gasteiger charge is -2.25. The van der Waals surface area contributed by atoms with Crippen LogP contribution in [0.15, 0.2) is 72.6 Å². The molecular formula is C25H21FN2O4. The molecule has 0 saturated carbocycles. The lowest BCUT2D eigenvalue weighted by molar-refractivity contribution is -0.140. The predicted molar refractivity (Wildman–Crippen MR) is 116 cm³/mol. The lowest BCUT2D eigenvalue weighted by atomic mass is 9.94. The minimum atomic E-state index is -0.877. The molecule has 1 fully saturated rings. The Balaban J connectivity index is 1.86. The monoisotopic (exact) mass is 432 g/mol. The Morgan fingerprint density at radius 3 is 2.53 bits per heavy atom. The Morgan fingerprint density at radius 2 is 1.91 bits per heavy atom. The average Bonchev–Trinajstić information content (AvgIpc) is 3.04. The molecule has 1 aromatic heterocycles. The second kappa shape index (κ2) is 8.63. The number of rotatable bonds is 5. The Kier molecular flexibility index (Phi) is 5.73. The maximum absolute atomic E-state index is 13.6. The number of aliphatic hydroxyl groups is 1. The Bertz CT molecular complexity index is 1210. The fourth-order valence-corrected chi connectivity index (χ4v) is 3.90. The van der Waals surface area contributed by atoms with E-state index in [1.165, 1.54) is 29.2 Å². The maximum Gasteiger partial charge on any atom is 0.295 e. The summed E-state index contributed by atoms with van der Waals surface area (Å²) in [5, 5.41) is 11.1. The van der Waals surface area contributed by atoms with Crippen LogP contribution < -0.4 is 4.74 Å². The van der Waals surface area contributed by atoms with Crippen molar-refractivity contribution in [3.8, 4) is 5.75 Å². The number of aliphatic hydroxyl groups excluding tert-OH is 1. The first-order valence-corrected chi connectivity index (χ1v) is 9.98. The number of methoxy groups -OCH3 is 1. The standard InChI is InChI=1S/C25H21FN2O4/c1-15-12-18(7-10-20(15)32-2)23(29)21-22(17-5-8-19(26)9-6-17)28(25(31)24(21)30)14-16-4-3-11-27-13-16/h3-13,22,29H,14H2,1-2H3/t22-/m1/s1. The quantitative estimate of drug-likeness (QED) is 0.372. The van der Waals surface area contributed by atoms with Crippen molar-refractivity contribution in [3.05, 3.63) is 101 Å². The summed E-state index contributed by atoms with van der Waals surface area (Å²) in [4.78, 5) is 31.5. The van der Waals surface area contributed by atoms with E-state index in [1.807, 2.05) is 6.92 Å². The van der Waals surface area contributed by atoms with Crippen LogP contribution in [0.25, 0.3) is 5.76 Å². The normalized spacial score (nSPS) is 17.6. The van der Waals surface area contributed by atoms with Crippen molar-refractivity contribution in [2.45, 2.75) is 19.5 Å². The van der Waals surface area contributed by atoms with Crippen molar-refractivity contribution < 1.29 is 23.8 Å². The van der Waals surface area contributed by atoms with Crippen LogP contribution in [0.1, 0.15) is 28.3 Å². The fraction of sp³-hybridized carbons (Fsp3) is 0.160. The fourth-order valence-electron chi connectivity index (χ4n) is 3.90. The van der Waals surface area contributed by atoms with E-state index in [2.05, 4.69) is 4.98 Å². The SMILES string of the molecule is COc1ccc(C(O)=C2C(=O)C(=O)N(Cc3cccnc3)[C@@H]2c2ccc(F)cc2)cc1C. The molecule has 32 heavy (non-hydrogen) atoms. The van der Waals surface area contributed by atoms with Crippen LogP contribution in [0.4, 0.5) is 4.39 Å². The van der Waals surface area contributed by atoms with Crippen molar-refractivity contribution in [2.75, 3.05) is 7.11 Å². The smallest absolute Gasteiger partial charge is 0.295 e. The number of hydrogen-bond donors (Lipinski definition) is 1. The largest absolute Gasteiger partial charge is 0.507 e. The molecule has 0 unspecified atom stereocenters. The summed E-state index contributed by atoms with van der Waals surface area (Å²) < 4.78 is 18.8. The number of aromatic nitrogens is 1. The van der Waals surface area contributed by atoms with E-state index >= 15 is 0 Å². The van der Waals surface area contributed by atoms with E-state index in [-0.39, 0.29) is 17.9 Å². The van der Waals surface area contributed by atoms with Gasteiger partial charge < -0.3 is 14.7 Å². The number of ketones is 1. The van der Waals surface area contributed by atoms with Gasteiger partial charge in [-0.3, -0.25) is 14.6 Å². The highest BCUT2D eigenvalue weighted by atomic mass is 19.1. The summed E-state index contributed by atoms with van der Waals surface area (Å²) in [5.74, 6) is -1.64. The van der Waals surface area contributed by atoms with Gasteiger partial charge in [0.1, 0.15) is 17.3 Å². The highest BCUT2D eigenvalue weighted by Crippen LogP contribution is 2.40. The van der Waals surface area contributed by atoms with Crippen molar-refractivity contribution in [3.63, 3.8) is 0 Å². The second-order valence-electron chi connectivity index (χ2n) is 7.52. The zero-order chi connectivity index (χ0) is 22.8. The summed E-state index contributed by atoms with van der Waals surface area (Å²) in [7, 11) is 1.54. The molecule has 3 aromatic rings. The summed E-state index contributed by atoms with van der Waals surface area (Å²) in [6.45, 7) is 1.92. The molecule has 4 rings (SSSR count). The van der Waals surface area contributed by atoms with Crippen molar-refractivity contribution in [1.29, 1.82) is 0 Å². The number of pyridine rings is 1. The van der Waals surface area contributed by atoms with E-state index in [0.29, 0.717) is 16.9 Å². The van der Waals surface area contributed by atoms with Gasteiger partial charge in [-0.1, -0.05) is 18.2 Å². The van der Waals surface area contributed by atoms with Crippen LogP contribution in [0.5, 0.6) is 5.75 Å². The lowest BCUT2D eigenvalue weighted by Crippen LogP contribution is -2.29. The third kappa shape index (κ3) is 3.85. The van der Waals surface area contributed by atoms with Gasteiger partial charge in [-0.2, -0.15) is 0 Å². The molecule has 0 aliphatic carbocycles. The van der Waals surface area contributed by atoms with Gasteiger partial charge in [-0.05, 0) is 60.0 Å². The first kappa shape index (κ1) is 21.2. The molecule has 162 valence electrons. The third-order valence-electron chi connectivity index (χ3n) is 5.47. The Labute approximate surface area is 184 Å². The summed E-state index contributed by atoms with van der Waals surface area (Å²) in [6.07, 6.45) is 3.22. The summed E-state index contributed by atoms with van der Waals surface area (Å²) in [6, 6.07) is 13.2. The average molecular weight is 432 g/mol. The van der Waals surface area contributed by atoms with Crippen molar-refractivity contribution >= 4 is 17.4 Å². The van der Waals surface area contributed by atoms with Gasteiger partial charge in [-0.25, -0.2) is 4.39 Å². The molecule has 0 spiro atoms. The molecule has 2 heterocycles. The number of nitrogens with zero attached hydrogens (tertiary/aromatic N) is 2. The minimum Gasteiger partial charge on any atom is -0.507 e. The number of ether oxygens (including phenoxy) is 1. The third-order valence-corrected chi connectivity index (χ3v) is 5.47. The zero-order valence-electron chi connectivity index (χ0n) is 17.6. The molecule has 0 radical (unpaired) electrons. The van der Waals surface area contributed by atoms with Crippen LogP contribution in [0.3, 0.4) is 0 Å². The van der Waals surface area contributed by atoms with Gasteiger partial charge in [0.25, 0.3) is 11.7 Å². The minimum absolute atomic E-state index is 0.0462. The number of amides is 1. The summed E-state index contributed by atoms with van der Waals surface area (Å²) in [5.41, 5.74) is 2.34. The Hall–Kier alpha value is -4.00. The molecule has 1 atom stereocenters. The highest BCUT2D eigenvalue weighted by molar-refractivity contribution is 6.46. The zero-order valence-corrected chi connectivity index (χ0v) is 17.6. The van der Waals surface area contributed by atoms with Gasteiger partial charge in [0.05, 0.1) is 18.7 Å². The Morgan fingerprint density at radius 1 is 1.16 bits per heavy atom. The van der Waals surface area contributed by atoms with E-state index in [9.17, 15) is 19.1 Å². The molecule has 1 amide bonds. The number of hydrogen-bond acceptors (Lipinski definition) is 5. The van der Waals surface area contributed by atoms with Crippen LogP contribution in [0.2, 0.25) is 0 Å². The van der Waals surface area contributed by atoms with Crippen molar-refractivity contribution in [1.82, 2.24) is 9.88 Å². The van der Waals surface area contributed by atoms with Crippen LogP contribution >= 0.6 is 0 Å². The highest BCUT2D eigenvalue weighted by Gasteiger charge is 2.46. The van der Waals surface area contributed by atoms with Gasteiger partial charge in [0, 0.05) is 24.5 Å². The molecule has 1 aliphatic heterocycles. The maximum atomic E-state index is 13.6. The second-order valence-corrected chi connectivity index (χ2v) is 7.52. The molecule has 7 heteroatoms. The van der Waals surface area contributed by atoms with E-state index < -0.39 is 23.5 Å². The molecule has 1 N–H and O–H groups in total. The molecule has 2 aromatic carbocycles. The number of carbonyl (C=O) groups excluding carboxylic acids is 2. The van der Waals surface area contributed by atoms with E-state index in [4.69, 9.17) is 4.74 Å². The number of Topliss-reactive ketones (excluding diaryl/α,β-unsaturated/α-hetero) is 1. The van der Waals surface area contributed by atoms with Crippen LogP contribution in [-0.2, 0) is 16.1 Å². The number of likely N-dealkylation sites (tertiary alicyclic amines) is 1. The number of halogens is 1. The number of carbonyl (C=O) groups is 2. The van der Waals surface area contributed by atoms with E-state index in [1.54, 1.807) is 49.8 Å². The topological polar surface area (TPSA) is 79.7 Å². The predicted octanol–water partition coefficient (Wildman–Crippen LogP) is 4.16. The first-order valence-electron chi connectivity index (χ1n) is 9.98. The number of benzene rings is 2. The molecule has 0 bridgehead atoms. The van der Waals surface area contributed by atoms with Gasteiger partial charge in [0.2, 0.25) is 0 Å². The summed E-state index contributed by atoms with van der Waals surface area (Å²) >= 11 is 0. The number of aryl methyl sites for hydroxylation is 1. The van der Waals surface area contributed by atoms with Gasteiger partial charge >= 0.3 is 0 Å². The van der Waals surface area contributed by atoms with Gasteiger partial charge in [-0.15, -0.1) is 0 Å². The first-order chi connectivity index (χ1) is 15.4. The van der Waals surface area contributed by atoms with Crippen LogP contribution in [-0.4, -0.2) is 33.8 Å². The molecule has 1 saturated heterocycles. The van der Waals surface area contributed by atoms with Crippen LogP contribution in [0, 0.1) is 12.7 Å².